The molecule has 6 heteroatoms. The van der Waals surface area contributed by atoms with Gasteiger partial charge >= 0.3 is 7.75 Å². The number of hydrogen-bond acceptors (Lipinski definition) is 3. The Balaban J connectivity index is 2.14. The van der Waals surface area contributed by atoms with Gasteiger partial charge in [-0.25, -0.2) is 9.65 Å². The zero-order valence-electron chi connectivity index (χ0n) is 7.50. The molecule has 4 nitrogen and oxygen atoms in total. The van der Waals surface area contributed by atoms with Crippen molar-refractivity contribution < 1.29 is 13.6 Å². The molecule has 0 aromatic rings. The third kappa shape index (κ3) is 4.43. The van der Waals surface area contributed by atoms with E-state index in [1.54, 1.807) is 0 Å². The van der Waals surface area contributed by atoms with Crippen LogP contribution in [0.3, 0.4) is 0 Å². The molecule has 13 heavy (non-hydrogen) atoms. The van der Waals surface area contributed by atoms with Crippen LogP contribution in [0, 0.1) is 0 Å². The lowest BCUT2D eigenvalue weighted by Gasteiger charge is -2.23. The summed E-state index contributed by atoms with van der Waals surface area (Å²) in [6, 6.07) is 0. The van der Waals surface area contributed by atoms with Crippen LogP contribution in [-0.4, -0.2) is 25.6 Å². The highest BCUT2D eigenvalue weighted by molar-refractivity contribution is 7.51. The first-order valence-corrected chi connectivity index (χ1v) is 6.55. The summed E-state index contributed by atoms with van der Waals surface area (Å²) in [4.78, 5) is 0. The van der Waals surface area contributed by atoms with Crippen molar-refractivity contribution in [1.82, 2.24) is 5.09 Å². The smallest absolute Gasteiger partial charge is 0.297 e. The fourth-order valence-corrected chi connectivity index (χ4v) is 2.60. The van der Waals surface area contributed by atoms with Crippen molar-refractivity contribution in [2.45, 2.75) is 19.3 Å². The molecule has 1 fully saturated rings. The van der Waals surface area contributed by atoms with E-state index < -0.39 is 7.75 Å². The van der Waals surface area contributed by atoms with E-state index in [9.17, 15) is 4.57 Å². The second-order valence-electron chi connectivity index (χ2n) is 2.82. The van der Waals surface area contributed by atoms with Crippen LogP contribution in [0.5, 0.6) is 0 Å². The van der Waals surface area contributed by atoms with Crippen LogP contribution < -0.4 is 5.09 Å². The van der Waals surface area contributed by atoms with Crippen LogP contribution in [0.1, 0.15) is 19.3 Å². The molecule has 0 radical (unpaired) electrons. The van der Waals surface area contributed by atoms with E-state index in [0.717, 1.165) is 19.3 Å². The monoisotopic (exact) mass is 227 g/mol. The summed E-state index contributed by atoms with van der Waals surface area (Å²) < 4.78 is 21.8. The molecule has 1 atom stereocenters. The summed E-state index contributed by atoms with van der Waals surface area (Å²) in [5.41, 5.74) is 0. The molecule has 0 amide bonds. The Morgan fingerprint density at radius 3 is 3.00 bits per heavy atom. The van der Waals surface area contributed by atoms with Gasteiger partial charge in [0.2, 0.25) is 0 Å². The van der Waals surface area contributed by atoms with Crippen molar-refractivity contribution >= 4 is 19.3 Å². The van der Waals surface area contributed by atoms with Crippen molar-refractivity contribution in [3.05, 3.63) is 0 Å². The number of unbranched alkanes of at least 4 members (excludes halogenated alkanes) is 1. The highest BCUT2D eigenvalue weighted by Crippen LogP contribution is 2.45. The molecule has 1 saturated heterocycles. The standard InChI is InChI=1S/C7H15ClNO3P/c8-4-1-2-6-11-13(10)9-5-3-7-12-13/h1-7H2,(H,9,10). The molecule has 0 aromatic heterocycles. The lowest BCUT2D eigenvalue weighted by atomic mass is 10.4. The number of nitrogens with one attached hydrogen (secondary N) is 1. The highest BCUT2D eigenvalue weighted by Gasteiger charge is 2.26. The first-order valence-electron chi connectivity index (χ1n) is 4.47. The highest BCUT2D eigenvalue weighted by atomic mass is 35.5. The van der Waals surface area contributed by atoms with E-state index in [1.807, 2.05) is 0 Å². The zero-order chi connectivity index (χ0) is 9.57. The molecule has 1 unspecified atom stereocenters. The molecular weight excluding hydrogens is 213 g/mol. The van der Waals surface area contributed by atoms with Gasteiger partial charge in [0.05, 0.1) is 13.2 Å². The summed E-state index contributed by atoms with van der Waals surface area (Å²) in [7, 11) is -2.95. The van der Waals surface area contributed by atoms with Gasteiger partial charge in [0, 0.05) is 12.4 Å². The fraction of sp³-hybridized carbons (Fsp3) is 1.00. The molecule has 0 spiro atoms. The minimum absolute atomic E-state index is 0.441. The van der Waals surface area contributed by atoms with Crippen LogP contribution >= 0.6 is 19.3 Å². The molecule has 1 heterocycles. The van der Waals surface area contributed by atoms with Gasteiger partial charge in [-0.3, -0.25) is 9.05 Å². The molecule has 78 valence electrons. The number of halogens is 1. The summed E-state index contributed by atoms with van der Waals surface area (Å²) >= 11 is 5.49. The first kappa shape index (κ1) is 11.5. The van der Waals surface area contributed by atoms with Crippen molar-refractivity contribution in [2.24, 2.45) is 0 Å². The first-order chi connectivity index (χ1) is 6.27. The Kier molecular flexibility index (Phi) is 5.29. The Morgan fingerprint density at radius 1 is 1.54 bits per heavy atom. The summed E-state index contributed by atoms with van der Waals surface area (Å²) in [5, 5.41) is 2.75. The molecular formula is C7H15ClNO3P. The Hall–Kier alpha value is 0.400. The molecule has 0 saturated carbocycles. The van der Waals surface area contributed by atoms with E-state index in [0.29, 0.717) is 25.6 Å². The summed E-state index contributed by atoms with van der Waals surface area (Å²) in [6.07, 6.45) is 2.58. The van der Waals surface area contributed by atoms with Crippen molar-refractivity contribution in [3.63, 3.8) is 0 Å². The SMILES string of the molecule is O=P1(OCCCCCl)NCCCO1. The van der Waals surface area contributed by atoms with Crippen molar-refractivity contribution in [1.29, 1.82) is 0 Å². The van der Waals surface area contributed by atoms with Gasteiger partial charge in [-0.15, -0.1) is 11.6 Å². The van der Waals surface area contributed by atoms with Gasteiger partial charge < -0.3 is 0 Å². The third-order valence-electron chi connectivity index (χ3n) is 1.68. The second kappa shape index (κ2) is 5.99. The maximum absolute atomic E-state index is 11.6. The molecule has 1 N–H and O–H groups in total. The Bertz CT molecular complexity index is 181. The Labute approximate surface area is 83.5 Å². The topological polar surface area (TPSA) is 47.6 Å². The molecule has 0 bridgehead atoms. The van der Waals surface area contributed by atoms with E-state index in [1.165, 1.54) is 0 Å². The van der Waals surface area contributed by atoms with E-state index >= 15 is 0 Å². The average molecular weight is 228 g/mol. The van der Waals surface area contributed by atoms with Crippen LogP contribution in [0.15, 0.2) is 0 Å². The van der Waals surface area contributed by atoms with E-state index in [2.05, 4.69) is 5.09 Å². The van der Waals surface area contributed by atoms with Gasteiger partial charge in [0.25, 0.3) is 0 Å². The summed E-state index contributed by atoms with van der Waals surface area (Å²) in [6.45, 7) is 1.66. The van der Waals surface area contributed by atoms with Gasteiger partial charge in [-0.05, 0) is 19.3 Å². The van der Waals surface area contributed by atoms with Crippen LogP contribution in [0.25, 0.3) is 0 Å². The predicted molar refractivity (Wildman–Crippen MR) is 52.1 cm³/mol. The quantitative estimate of drug-likeness (QED) is 0.444. The molecule has 0 aliphatic carbocycles. The van der Waals surface area contributed by atoms with Crippen LogP contribution in [0.4, 0.5) is 0 Å². The molecule has 0 aromatic carbocycles. The number of hydrogen-bond donors (Lipinski definition) is 1. The minimum Gasteiger partial charge on any atom is -0.297 e. The van der Waals surface area contributed by atoms with Crippen molar-refractivity contribution in [3.8, 4) is 0 Å². The summed E-state index contributed by atoms with van der Waals surface area (Å²) in [5.74, 6) is 0.613. The van der Waals surface area contributed by atoms with E-state index in [4.69, 9.17) is 20.6 Å². The number of alkyl halides is 1. The van der Waals surface area contributed by atoms with Gasteiger partial charge in [-0.2, -0.15) is 0 Å². The van der Waals surface area contributed by atoms with Gasteiger partial charge in [-0.1, -0.05) is 0 Å². The maximum Gasteiger partial charge on any atom is 0.405 e. The Morgan fingerprint density at radius 2 is 2.38 bits per heavy atom. The average Bonchev–Trinajstić information content (AvgIpc) is 2.14. The lowest BCUT2D eigenvalue weighted by molar-refractivity contribution is 0.176. The fourth-order valence-electron chi connectivity index (χ4n) is 0.983. The van der Waals surface area contributed by atoms with Gasteiger partial charge in [0.1, 0.15) is 0 Å². The normalized spacial score (nSPS) is 29.0. The third-order valence-corrected chi connectivity index (χ3v) is 3.60. The molecule has 1 aliphatic heterocycles. The number of rotatable bonds is 5. The van der Waals surface area contributed by atoms with Gasteiger partial charge in [0.15, 0.2) is 0 Å². The zero-order valence-corrected chi connectivity index (χ0v) is 9.15. The molecule has 1 rings (SSSR count). The second-order valence-corrected chi connectivity index (χ2v) is 5.03. The largest absolute Gasteiger partial charge is 0.405 e. The minimum atomic E-state index is -2.95. The van der Waals surface area contributed by atoms with Crippen molar-refractivity contribution in [2.75, 3.05) is 25.6 Å². The lowest BCUT2D eigenvalue weighted by Crippen LogP contribution is -2.23. The predicted octanol–water partition coefficient (Wildman–Crippen LogP) is 2.14. The van der Waals surface area contributed by atoms with E-state index in [-0.39, 0.29) is 0 Å². The van der Waals surface area contributed by atoms with Crippen LogP contribution in [0.2, 0.25) is 0 Å². The maximum atomic E-state index is 11.6. The molecule has 1 aliphatic rings. The van der Waals surface area contributed by atoms with Crippen LogP contribution in [-0.2, 0) is 13.6 Å².